The predicted molar refractivity (Wildman–Crippen MR) is 115 cm³/mol. The summed E-state index contributed by atoms with van der Waals surface area (Å²) in [5, 5.41) is 0. The van der Waals surface area contributed by atoms with Crippen LogP contribution in [-0.4, -0.2) is 45.5 Å². The van der Waals surface area contributed by atoms with Gasteiger partial charge < -0.3 is 9.64 Å². The van der Waals surface area contributed by atoms with E-state index in [2.05, 4.69) is 34.2 Å². The third kappa shape index (κ3) is 4.82. The van der Waals surface area contributed by atoms with Crippen LogP contribution >= 0.6 is 0 Å². The van der Waals surface area contributed by atoms with Gasteiger partial charge >= 0.3 is 0 Å². The zero-order valence-electron chi connectivity index (χ0n) is 17.2. The van der Waals surface area contributed by atoms with E-state index in [-0.39, 0.29) is 11.8 Å². The van der Waals surface area contributed by atoms with Gasteiger partial charge in [-0.05, 0) is 55.5 Å². The molecule has 0 spiro atoms. The molecule has 1 aliphatic rings. The van der Waals surface area contributed by atoms with Crippen molar-refractivity contribution in [3.63, 3.8) is 0 Å². The molecule has 0 bridgehead atoms. The predicted octanol–water partition coefficient (Wildman–Crippen LogP) is 3.88. The van der Waals surface area contributed by atoms with E-state index < -0.39 is 0 Å². The number of ether oxygens (including phenoxy) is 1. The first-order chi connectivity index (χ1) is 14.7. The summed E-state index contributed by atoms with van der Waals surface area (Å²) in [6.45, 7) is 4.08. The van der Waals surface area contributed by atoms with Crippen molar-refractivity contribution in [2.75, 3.05) is 19.7 Å². The smallest absolute Gasteiger partial charge is 0.274 e. The number of benzene rings is 1. The quantitative estimate of drug-likeness (QED) is 0.626. The molecule has 6 heteroatoms. The van der Waals surface area contributed by atoms with E-state index in [0.29, 0.717) is 18.8 Å². The van der Waals surface area contributed by atoms with Crippen LogP contribution in [0.3, 0.4) is 0 Å². The van der Waals surface area contributed by atoms with Crippen molar-refractivity contribution in [3.8, 4) is 5.75 Å². The Kier molecular flexibility index (Phi) is 6.32. The molecule has 1 aliphatic heterocycles. The summed E-state index contributed by atoms with van der Waals surface area (Å²) >= 11 is 0. The number of amides is 1. The van der Waals surface area contributed by atoms with Crippen LogP contribution in [-0.2, 0) is 6.42 Å². The molecule has 0 saturated carbocycles. The molecule has 4 rings (SSSR count). The molecule has 0 N–H and O–H groups in total. The number of hydrogen-bond donors (Lipinski definition) is 0. The van der Waals surface area contributed by atoms with Gasteiger partial charge in [0.2, 0.25) is 0 Å². The normalized spacial score (nSPS) is 16.3. The van der Waals surface area contributed by atoms with Crippen molar-refractivity contribution in [1.82, 2.24) is 19.9 Å². The molecule has 1 aromatic carbocycles. The second-order valence-corrected chi connectivity index (χ2v) is 7.53. The van der Waals surface area contributed by atoms with Crippen LogP contribution in [0.5, 0.6) is 5.75 Å². The molecular formula is C24H26N4O2. The van der Waals surface area contributed by atoms with Crippen LogP contribution in [0.25, 0.3) is 0 Å². The van der Waals surface area contributed by atoms with Crippen LogP contribution in [0.1, 0.15) is 53.0 Å². The molecular weight excluding hydrogens is 376 g/mol. The van der Waals surface area contributed by atoms with Crippen molar-refractivity contribution in [3.05, 3.63) is 83.7 Å². The molecule has 3 heterocycles. The van der Waals surface area contributed by atoms with Crippen LogP contribution in [0, 0.1) is 0 Å². The first kappa shape index (κ1) is 20.0. The highest BCUT2D eigenvalue weighted by Gasteiger charge is 2.26. The third-order valence-electron chi connectivity index (χ3n) is 5.40. The van der Waals surface area contributed by atoms with Crippen LogP contribution in [0.2, 0.25) is 0 Å². The molecule has 30 heavy (non-hydrogen) atoms. The summed E-state index contributed by atoms with van der Waals surface area (Å²) in [6.07, 6.45) is 9.45. The van der Waals surface area contributed by atoms with Crippen molar-refractivity contribution in [2.24, 2.45) is 0 Å². The number of nitrogens with zero attached hydrogens (tertiary/aromatic N) is 4. The van der Waals surface area contributed by atoms with Crippen molar-refractivity contribution < 1.29 is 9.53 Å². The Balaban J connectivity index is 1.39. The number of pyridine rings is 1. The lowest BCUT2D eigenvalue weighted by atomic mass is 9.93. The molecule has 1 fully saturated rings. The summed E-state index contributed by atoms with van der Waals surface area (Å²) in [6, 6.07) is 12.4. The molecule has 3 aromatic rings. The number of aromatic nitrogens is 3. The molecule has 1 saturated heterocycles. The van der Waals surface area contributed by atoms with Crippen LogP contribution < -0.4 is 4.74 Å². The van der Waals surface area contributed by atoms with Gasteiger partial charge in [-0.1, -0.05) is 18.2 Å². The Morgan fingerprint density at radius 2 is 1.90 bits per heavy atom. The molecule has 1 unspecified atom stereocenters. The van der Waals surface area contributed by atoms with E-state index in [1.54, 1.807) is 12.4 Å². The number of carbonyl (C=O) groups is 1. The maximum absolute atomic E-state index is 12.7. The fourth-order valence-electron chi connectivity index (χ4n) is 3.86. The Bertz CT molecular complexity index is 959. The highest BCUT2D eigenvalue weighted by molar-refractivity contribution is 5.92. The number of hydrogen-bond acceptors (Lipinski definition) is 5. The maximum Gasteiger partial charge on any atom is 0.274 e. The van der Waals surface area contributed by atoms with Gasteiger partial charge in [0.05, 0.1) is 12.8 Å². The summed E-state index contributed by atoms with van der Waals surface area (Å²) in [5.41, 5.74) is 3.84. The van der Waals surface area contributed by atoms with Crippen LogP contribution in [0.15, 0.2) is 61.2 Å². The zero-order valence-corrected chi connectivity index (χ0v) is 17.2. The maximum atomic E-state index is 12.7. The van der Waals surface area contributed by atoms with Gasteiger partial charge in [-0.25, -0.2) is 4.98 Å². The fraction of sp³-hybridized carbons (Fsp3) is 0.333. The minimum Gasteiger partial charge on any atom is -0.494 e. The van der Waals surface area contributed by atoms with E-state index in [1.165, 1.54) is 17.3 Å². The third-order valence-corrected chi connectivity index (χ3v) is 5.40. The average molecular weight is 402 g/mol. The number of piperidine rings is 1. The minimum absolute atomic E-state index is 0.0556. The first-order valence-electron chi connectivity index (χ1n) is 10.4. The van der Waals surface area contributed by atoms with E-state index in [9.17, 15) is 4.79 Å². The lowest BCUT2D eigenvalue weighted by Gasteiger charge is -2.32. The van der Waals surface area contributed by atoms with Gasteiger partial charge in [0.1, 0.15) is 11.4 Å². The average Bonchev–Trinajstić information content (AvgIpc) is 2.81. The lowest BCUT2D eigenvalue weighted by Crippen LogP contribution is -2.39. The Hall–Kier alpha value is -3.28. The highest BCUT2D eigenvalue weighted by atomic mass is 16.5. The van der Waals surface area contributed by atoms with Crippen LogP contribution in [0.4, 0.5) is 0 Å². The standard InChI is InChI=1S/C24H26N4O2/c1-2-30-21-8-5-18(6-9-21)14-19-7-10-22(27-15-19)20-4-3-13-28(17-20)24(29)23-16-25-11-12-26-23/h5-12,15-16,20H,2-4,13-14,17H2,1H3. The summed E-state index contributed by atoms with van der Waals surface area (Å²) in [5.74, 6) is 1.09. The van der Waals surface area contributed by atoms with E-state index in [1.807, 2.05) is 30.2 Å². The first-order valence-corrected chi connectivity index (χ1v) is 10.4. The van der Waals surface area contributed by atoms with Crippen molar-refractivity contribution >= 4 is 5.91 Å². The van der Waals surface area contributed by atoms with E-state index >= 15 is 0 Å². The van der Waals surface area contributed by atoms with Gasteiger partial charge in [-0.3, -0.25) is 14.8 Å². The Labute approximate surface area is 177 Å². The monoisotopic (exact) mass is 402 g/mol. The van der Waals surface area contributed by atoms with Gasteiger partial charge in [-0.2, -0.15) is 0 Å². The van der Waals surface area contributed by atoms with Gasteiger partial charge in [0, 0.05) is 43.3 Å². The number of likely N-dealkylation sites (tertiary alicyclic amines) is 1. The summed E-state index contributed by atoms with van der Waals surface area (Å²) in [7, 11) is 0. The molecule has 6 nitrogen and oxygen atoms in total. The Morgan fingerprint density at radius 1 is 1.07 bits per heavy atom. The van der Waals surface area contributed by atoms with E-state index in [0.717, 1.165) is 37.3 Å². The molecule has 1 amide bonds. The summed E-state index contributed by atoms with van der Waals surface area (Å²) in [4.78, 5) is 27.4. The second kappa shape index (κ2) is 9.48. The minimum atomic E-state index is -0.0556. The molecule has 0 radical (unpaired) electrons. The molecule has 154 valence electrons. The van der Waals surface area contributed by atoms with Gasteiger partial charge in [0.15, 0.2) is 0 Å². The fourth-order valence-corrected chi connectivity index (χ4v) is 3.86. The topological polar surface area (TPSA) is 68.2 Å². The Morgan fingerprint density at radius 3 is 2.60 bits per heavy atom. The van der Waals surface area contributed by atoms with Gasteiger partial charge in [0.25, 0.3) is 5.91 Å². The van der Waals surface area contributed by atoms with Crippen molar-refractivity contribution in [2.45, 2.75) is 32.1 Å². The SMILES string of the molecule is CCOc1ccc(Cc2ccc(C3CCCN(C(=O)c4cnccn4)C3)nc2)cc1. The number of rotatable bonds is 6. The summed E-state index contributed by atoms with van der Waals surface area (Å²) < 4.78 is 5.50. The largest absolute Gasteiger partial charge is 0.494 e. The second-order valence-electron chi connectivity index (χ2n) is 7.53. The zero-order chi connectivity index (χ0) is 20.8. The molecule has 0 aliphatic carbocycles. The lowest BCUT2D eigenvalue weighted by molar-refractivity contribution is 0.0699. The van der Waals surface area contributed by atoms with E-state index in [4.69, 9.17) is 9.72 Å². The molecule has 2 aromatic heterocycles. The van der Waals surface area contributed by atoms with Crippen molar-refractivity contribution in [1.29, 1.82) is 0 Å². The highest BCUT2D eigenvalue weighted by Crippen LogP contribution is 2.26. The number of carbonyl (C=O) groups excluding carboxylic acids is 1. The van der Waals surface area contributed by atoms with Gasteiger partial charge in [-0.15, -0.1) is 0 Å². The molecule has 1 atom stereocenters.